The summed E-state index contributed by atoms with van der Waals surface area (Å²) < 4.78 is 11.3. The van der Waals surface area contributed by atoms with Gasteiger partial charge in [-0.2, -0.15) is 5.10 Å². The molecule has 0 bridgehead atoms. The molecular formula is C26H34N4O4. The van der Waals surface area contributed by atoms with Crippen LogP contribution in [-0.2, 0) is 9.59 Å². The maximum Gasteiger partial charge on any atom is 0.248 e. The van der Waals surface area contributed by atoms with Crippen LogP contribution < -0.4 is 20.1 Å². The number of amides is 2. The van der Waals surface area contributed by atoms with Gasteiger partial charge in [-0.15, -0.1) is 0 Å². The van der Waals surface area contributed by atoms with Gasteiger partial charge in [0.25, 0.3) is 0 Å². The highest BCUT2D eigenvalue weighted by atomic mass is 16.5. The predicted octanol–water partition coefficient (Wildman–Crippen LogP) is 4.66. The number of rotatable bonds is 10. The van der Waals surface area contributed by atoms with E-state index in [0.29, 0.717) is 36.0 Å². The molecule has 34 heavy (non-hydrogen) atoms. The number of methoxy groups -OCH3 is 1. The number of piperidine rings is 1. The second-order valence-corrected chi connectivity index (χ2v) is 8.28. The molecule has 182 valence electrons. The number of hydrogen-bond acceptors (Lipinski definition) is 6. The quantitative estimate of drug-likeness (QED) is 0.392. The van der Waals surface area contributed by atoms with Gasteiger partial charge in [-0.05, 0) is 73.7 Å². The third kappa shape index (κ3) is 7.23. The third-order valence-corrected chi connectivity index (χ3v) is 5.55. The van der Waals surface area contributed by atoms with Crippen molar-refractivity contribution < 1.29 is 19.1 Å². The fourth-order valence-corrected chi connectivity index (χ4v) is 3.74. The largest absolute Gasteiger partial charge is 0.493 e. The molecule has 1 heterocycles. The van der Waals surface area contributed by atoms with E-state index < -0.39 is 0 Å². The Hall–Kier alpha value is -3.55. The van der Waals surface area contributed by atoms with Crippen molar-refractivity contribution >= 4 is 29.4 Å². The van der Waals surface area contributed by atoms with Gasteiger partial charge >= 0.3 is 0 Å². The van der Waals surface area contributed by atoms with Crippen LogP contribution >= 0.6 is 0 Å². The molecule has 1 aliphatic heterocycles. The maximum absolute atomic E-state index is 13.0. The van der Waals surface area contributed by atoms with Gasteiger partial charge in [0.2, 0.25) is 11.8 Å². The van der Waals surface area contributed by atoms with E-state index in [1.54, 1.807) is 37.6 Å². The molecular weight excluding hydrogens is 432 g/mol. The van der Waals surface area contributed by atoms with Crippen LogP contribution in [0.5, 0.6) is 11.5 Å². The van der Waals surface area contributed by atoms with Crippen LogP contribution in [0.15, 0.2) is 47.6 Å². The van der Waals surface area contributed by atoms with E-state index >= 15 is 0 Å². The molecule has 3 rings (SSSR count). The van der Waals surface area contributed by atoms with Gasteiger partial charge in [0.05, 0.1) is 19.9 Å². The molecule has 1 saturated heterocycles. The monoisotopic (exact) mass is 466 g/mol. The summed E-state index contributed by atoms with van der Waals surface area (Å²) in [4.78, 5) is 24.2. The zero-order valence-corrected chi connectivity index (χ0v) is 20.2. The van der Waals surface area contributed by atoms with Crippen molar-refractivity contribution in [3.05, 3.63) is 48.0 Å². The minimum absolute atomic E-state index is 0.0950. The normalized spacial score (nSPS) is 15.7. The van der Waals surface area contributed by atoms with E-state index in [0.717, 1.165) is 37.7 Å². The highest BCUT2D eigenvalue weighted by Crippen LogP contribution is 2.28. The summed E-state index contributed by atoms with van der Waals surface area (Å²) in [5.74, 6) is 1.15. The van der Waals surface area contributed by atoms with Gasteiger partial charge < -0.3 is 20.1 Å². The third-order valence-electron chi connectivity index (χ3n) is 5.55. The zero-order chi connectivity index (χ0) is 24.3. The second-order valence-electron chi connectivity index (χ2n) is 8.28. The first kappa shape index (κ1) is 25.1. The average molecular weight is 467 g/mol. The molecule has 2 aromatic carbocycles. The van der Waals surface area contributed by atoms with Gasteiger partial charge in [-0.25, -0.2) is 0 Å². The Bertz CT molecular complexity index is 991. The molecule has 2 aromatic rings. The molecule has 0 saturated carbocycles. The molecule has 1 unspecified atom stereocenters. The van der Waals surface area contributed by atoms with Gasteiger partial charge in [-0.1, -0.05) is 13.3 Å². The molecule has 8 nitrogen and oxygen atoms in total. The van der Waals surface area contributed by atoms with Crippen LogP contribution in [0.4, 0.5) is 11.4 Å². The molecule has 1 atom stereocenters. The van der Waals surface area contributed by atoms with Crippen LogP contribution in [0.1, 0.15) is 51.5 Å². The van der Waals surface area contributed by atoms with Crippen LogP contribution in [-0.4, -0.2) is 49.3 Å². The van der Waals surface area contributed by atoms with Gasteiger partial charge in [0.1, 0.15) is 6.04 Å². The predicted molar refractivity (Wildman–Crippen MR) is 135 cm³/mol. The number of anilines is 2. The van der Waals surface area contributed by atoms with Crippen molar-refractivity contribution in [3.8, 4) is 11.5 Å². The number of nitrogens with one attached hydrogen (secondary N) is 2. The van der Waals surface area contributed by atoms with E-state index in [2.05, 4.69) is 22.7 Å². The first-order valence-electron chi connectivity index (χ1n) is 11.8. The maximum atomic E-state index is 13.0. The molecule has 0 aromatic heterocycles. The Balaban J connectivity index is 1.66. The fourth-order valence-electron chi connectivity index (χ4n) is 3.74. The van der Waals surface area contributed by atoms with Crippen molar-refractivity contribution in [1.82, 2.24) is 5.01 Å². The van der Waals surface area contributed by atoms with Crippen LogP contribution in [0.25, 0.3) is 0 Å². The molecule has 1 aliphatic rings. The molecule has 2 N–H and O–H groups in total. The lowest BCUT2D eigenvalue weighted by Crippen LogP contribution is -2.44. The number of hydrazone groups is 1. The summed E-state index contributed by atoms with van der Waals surface area (Å²) in [6.45, 7) is 4.93. The number of hydrogen-bond donors (Lipinski definition) is 2. The number of unbranched alkanes of at least 4 members (excludes halogenated alkanes) is 1. The van der Waals surface area contributed by atoms with Crippen LogP contribution in [0.2, 0.25) is 0 Å². The minimum Gasteiger partial charge on any atom is -0.493 e. The van der Waals surface area contributed by atoms with E-state index in [-0.39, 0.29) is 17.9 Å². The summed E-state index contributed by atoms with van der Waals surface area (Å²) in [7, 11) is 1.63. The van der Waals surface area contributed by atoms with Crippen LogP contribution in [0.3, 0.4) is 0 Å². The Morgan fingerprint density at radius 2 is 1.82 bits per heavy atom. The number of ether oxygens (including phenoxy) is 2. The average Bonchev–Trinajstić information content (AvgIpc) is 2.84. The summed E-state index contributed by atoms with van der Waals surface area (Å²) in [6.07, 6.45) is 6.49. The highest BCUT2D eigenvalue weighted by Gasteiger charge is 2.27. The number of carbonyl (C=O) groups is 2. The fraction of sp³-hybridized carbons (Fsp3) is 0.423. The topological polar surface area (TPSA) is 92.3 Å². The van der Waals surface area contributed by atoms with E-state index in [4.69, 9.17) is 9.47 Å². The van der Waals surface area contributed by atoms with Gasteiger partial charge in [-0.3, -0.25) is 14.6 Å². The lowest BCUT2D eigenvalue weighted by molar-refractivity contribution is -0.122. The molecule has 1 fully saturated rings. The molecule has 0 aliphatic carbocycles. The summed E-state index contributed by atoms with van der Waals surface area (Å²) >= 11 is 0. The minimum atomic E-state index is -0.349. The Kier molecular flexibility index (Phi) is 9.31. The molecule has 0 radical (unpaired) electrons. The molecule has 2 amide bonds. The number of carbonyl (C=O) groups excluding carboxylic acids is 2. The van der Waals surface area contributed by atoms with Gasteiger partial charge in [0, 0.05) is 24.8 Å². The van der Waals surface area contributed by atoms with Crippen molar-refractivity contribution in [3.63, 3.8) is 0 Å². The van der Waals surface area contributed by atoms with Crippen molar-refractivity contribution in [2.75, 3.05) is 30.9 Å². The first-order valence-corrected chi connectivity index (χ1v) is 11.8. The number of benzene rings is 2. The highest BCUT2D eigenvalue weighted by molar-refractivity contribution is 5.95. The van der Waals surface area contributed by atoms with E-state index in [9.17, 15) is 9.59 Å². The Morgan fingerprint density at radius 3 is 2.50 bits per heavy atom. The number of nitrogens with zero attached hydrogens (tertiary/aromatic N) is 2. The zero-order valence-electron chi connectivity index (χ0n) is 20.2. The molecule has 0 spiro atoms. The summed E-state index contributed by atoms with van der Waals surface area (Å²) in [5.41, 5.74) is 2.25. The van der Waals surface area contributed by atoms with E-state index in [1.165, 1.54) is 6.92 Å². The van der Waals surface area contributed by atoms with Crippen molar-refractivity contribution in [2.45, 2.75) is 52.0 Å². The lowest BCUT2D eigenvalue weighted by Gasteiger charge is -2.32. The van der Waals surface area contributed by atoms with Gasteiger partial charge in [0.15, 0.2) is 11.5 Å². The molecule has 8 heteroatoms. The van der Waals surface area contributed by atoms with Crippen LogP contribution in [0, 0.1) is 0 Å². The van der Waals surface area contributed by atoms with E-state index in [1.807, 2.05) is 23.2 Å². The lowest BCUT2D eigenvalue weighted by atomic mass is 10.0. The van der Waals surface area contributed by atoms with Crippen molar-refractivity contribution in [2.24, 2.45) is 5.10 Å². The SMILES string of the molecule is CCCCOc1cc(/C=N/N2CCCCC2C(=O)Nc2ccc(NC(C)=O)cc2)ccc1OC. The standard InChI is InChI=1S/C26H34N4O4/c1-4-5-16-34-25-17-20(9-14-24(25)33-3)18-27-30-15-7-6-8-23(30)26(32)29-22-12-10-21(11-13-22)28-19(2)31/h9-14,17-18,23H,4-8,15-16H2,1-3H3,(H,28,31)(H,29,32)/b27-18+. The Morgan fingerprint density at radius 1 is 1.09 bits per heavy atom. The Labute approximate surface area is 201 Å². The van der Waals surface area contributed by atoms with Crippen molar-refractivity contribution in [1.29, 1.82) is 0 Å². The smallest absolute Gasteiger partial charge is 0.248 e. The summed E-state index contributed by atoms with van der Waals surface area (Å²) in [6, 6.07) is 12.4. The summed E-state index contributed by atoms with van der Waals surface area (Å²) in [5, 5.41) is 12.2. The second kappa shape index (κ2) is 12.6. The first-order chi connectivity index (χ1) is 16.5.